The lowest BCUT2D eigenvalue weighted by Crippen LogP contribution is -2.37. The molecule has 0 spiro atoms. The van der Waals surface area contributed by atoms with Crippen LogP contribution in [0, 0.1) is 5.92 Å². The molecule has 0 aliphatic heterocycles. The maximum atomic E-state index is 11.8. The topological polar surface area (TPSA) is 29.1 Å². The molecule has 0 saturated heterocycles. The molecular weight excluding hydrogens is 257 g/mol. The summed E-state index contributed by atoms with van der Waals surface area (Å²) in [6, 6.07) is 5.39. The minimum absolute atomic E-state index is 0.0544. The number of amides is 1. The first-order valence-corrected chi connectivity index (χ1v) is 6.39. The van der Waals surface area contributed by atoms with E-state index in [0.29, 0.717) is 21.5 Å². The number of rotatable bonds is 4. The molecular formula is C13H17Cl2NO. The SMILES string of the molecule is CC(C)C(C)NC(=O)Cc1c(Cl)cccc1Cl. The Bertz CT molecular complexity index is 384. The Labute approximate surface area is 112 Å². The molecule has 0 heterocycles. The molecule has 0 fully saturated rings. The predicted molar refractivity (Wildman–Crippen MR) is 72.6 cm³/mol. The third kappa shape index (κ3) is 4.21. The number of carbonyl (C=O) groups excluding carboxylic acids is 1. The van der Waals surface area contributed by atoms with Gasteiger partial charge in [-0.3, -0.25) is 4.79 Å². The molecule has 1 aromatic carbocycles. The fourth-order valence-electron chi connectivity index (χ4n) is 1.33. The van der Waals surface area contributed by atoms with Gasteiger partial charge in [0.15, 0.2) is 0 Å². The smallest absolute Gasteiger partial charge is 0.224 e. The molecule has 1 rings (SSSR count). The van der Waals surface area contributed by atoms with Gasteiger partial charge in [-0.25, -0.2) is 0 Å². The van der Waals surface area contributed by atoms with E-state index in [1.165, 1.54) is 0 Å². The van der Waals surface area contributed by atoms with Crippen molar-refractivity contribution in [1.29, 1.82) is 0 Å². The summed E-state index contributed by atoms with van der Waals surface area (Å²) in [7, 11) is 0. The van der Waals surface area contributed by atoms with Crippen LogP contribution in [0.1, 0.15) is 26.3 Å². The van der Waals surface area contributed by atoms with Crippen LogP contribution in [0.25, 0.3) is 0 Å². The van der Waals surface area contributed by atoms with E-state index in [4.69, 9.17) is 23.2 Å². The second-order valence-corrected chi connectivity index (χ2v) is 5.29. The second kappa shape index (κ2) is 6.27. The summed E-state index contributed by atoms with van der Waals surface area (Å²) in [6.45, 7) is 6.11. The van der Waals surface area contributed by atoms with Crippen LogP contribution in [0.2, 0.25) is 10.0 Å². The average molecular weight is 274 g/mol. The van der Waals surface area contributed by atoms with Crippen molar-refractivity contribution in [2.45, 2.75) is 33.2 Å². The highest BCUT2D eigenvalue weighted by molar-refractivity contribution is 6.36. The summed E-state index contributed by atoms with van der Waals surface area (Å²) in [5.74, 6) is 0.349. The number of nitrogens with one attached hydrogen (secondary N) is 1. The van der Waals surface area contributed by atoms with Crippen LogP contribution in [0.3, 0.4) is 0 Å². The van der Waals surface area contributed by atoms with Crippen molar-refractivity contribution in [3.63, 3.8) is 0 Å². The zero-order valence-electron chi connectivity index (χ0n) is 10.3. The predicted octanol–water partition coefficient (Wildman–Crippen LogP) is 3.70. The van der Waals surface area contributed by atoms with Crippen LogP contribution in [-0.4, -0.2) is 11.9 Å². The first-order chi connectivity index (χ1) is 7.91. The monoisotopic (exact) mass is 273 g/mol. The Morgan fingerprint density at radius 3 is 2.24 bits per heavy atom. The van der Waals surface area contributed by atoms with E-state index in [-0.39, 0.29) is 18.4 Å². The van der Waals surface area contributed by atoms with Gasteiger partial charge in [-0.15, -0.1) is 0 Å². The lowest BCUT2D eigenvalue weighted by Gasteiger charge is -2.17. The van der Waals surface area contributed by atoms with E-state index in [0.717, 1.165) is 0 Å². The van der Waals surface area contributed by atoms with Crippen LogP contribution in [-0.2, 0) is 11.2 Å². The van der Waals surface area contributed by atoms with Crippen molar-refractivity contribution in [3.05, 3.63) is 33.8 Å². The molecule has 17 heavy (non-hydrogen) atoms. The van der Waals surface area contributed by atoms with E-state index >= 15 is 0 Å². The van der Waals surface area contributed by atoms with Gasteiger partial charge in [0.1, 0.15) is 0 Å². The average Bonchev–Trinajstić information content (AvgIpc) is 2.23. The van der Waals surface area contributed by atoms with Gasteiger partial charge in [0.05, 0.1) is 6.42 Å². The molecule has 2 nitrogen and oxygen atoms in total. The second-order valence-electron chi connectivity index (χ2n) is 4.48. The molecule has 0 aliphatic carbocycles. The summed E-state index contributed by atoms with van der Waals surface area (Å²) in [5.41, 5.74) is 0.685. The van der Waals surface area contributed by atoms with Gasteiger partial charge in [0.2, 0.25) is 5.91 Å². The number of benzene rings is 1. The molecule has 0 aromatic heterocycles. The standard InChI is InChI=1S/C13H17Cl2NO/c1-8(2)9(3)16-13(17)7-10-11(14)5-4-6-12(10)15/h4-6,8-9H,7H2,1-3H3,(H,16,17). The normalized spacial score (nSPS) is 12.6. The van der Waals surface area contributed by atoms with Crippen LogP contribution in [0.5, 0.6) is 0 Å². The third-order valence-corrected chi connectivity index (χ3v) is 3.50. The number of halogens is 2. The van der Waals surface area contributed by atoms with Crippen LogP contribution in [0.4, 0.5) is 0 Å². The Morgan fingerprint density at radius 1 is 1.24 bits per heavy atom. The fraction of sp³-hybridized carbons (Fsp3) is 0.462. The van der Waals surface area contributed by atoms with E-state index in [1.807, 2.05) is 6.92 Å². The van der Waals surface area contributed by atoms with E-state index < -0.39 is 0 Å². The fourth-order valence-corrected chi connectivity index (χ4v) is 1.86. The molecule has 1 atom stereocenters. The number of carbonyl (C=O) groups is 1. The Morgan fingerprint density at radius 2 is 1.76 bits per heavy atom. The highest BCUT2D eigenvalue weighted by Crippen LogP contribution is 2.24. The molecule has 0 aliphatic rings. The van der Waals surface area contributed by atoms with Crippen molar-refractivity contribution in [3.8, 4) is 0 Å². The van der Waals surface area contributed by atoms with Crippen molar-refractivity contribution in [2.24, 2.45) is 5.92 Å². The number of hydrogen-bond acceptors (Lipinski definition) is 1. The molecule has 0 radical (unpaired) electrons. The van der Waals surface area contributed by atoms with Crippen molar-refractivity contribution in [1.82, 2.24) is 5.32 Å². The van der Waals surface area contributed by atoms with Gasteiger partial charge in [-0.05, 0) is 30.5 Å². The lowest BCUT2D eigenvalue weighted by molar-refractivity contribution is -0.121. The zero-order valence-corrected chi connectivity index (χ0v) is 11.8. The van der Waals surface area contributed by atoms with E-state index in [1.54, 1.807) is 18.2 Å². The summed E-state index contributed by atoms with van der Waals surface area (Å²) >= 11 is 12.0. The highest BCUT2D eigenvalue weighted by Gasteiger charge is 2.14. The highest BCUT2D eigenvalue weighted by atomic mass is 35.5. The van der Waals surface area contributed by atoms with Crippen molar-refractivity contribution >= 4 is 29.1 Å². The molecule has 4 heteroatoms. The van der Waals surface area contributed by atoms with Gasteiger partial charge in [0.25, 0.3) is 0 Å². The lowest BCUT2D eigenvalue weighted by atomic mass is 10.1. The minimum atomic E-state index is -0.0544. The van der Waals surface area contributed by atoms with E-state index in [9.17, 15) is 4.79 Å². The quantitative estimate of drug-likeness (QED) is 0.891. The molecule has 0 bridgehead atoms. The first kappa shape index (κ1) is 14.3. The van der Waals surface area contributed by atoms with E-state index in [2.05, 4.69) is 19.2 Å². The third-order valence-electron chi connectivity index (χ3n) is 2.79. The molecule has 94 valence electrons. The molecule has 0 saturated carbocycles. The van der Waals surface area contributed by atoms with Gasteiger partial charge in [-0.2, -0.15) is 0 Å². The van der Waals surface area contributed by atoms with Gasteiger partial charge in [-0.1, -0.05) is 43.1 Å². The maximum Gasteiger partial charge on any atom is 0.224 e. The molecule has 1 amide bonds. The van der Waals surface area contributed by atoms with Crippen LogP contribution < -0.4 is 5.32 Å². The van der Waals surface area contributed by atoms with Crippen LogP contribution >= 0.6 is 23.2 Å². The number of hydrogen-bond donors (Lipinski definition) is 1. The Hall–Kier alpha value is -0.730. The Kier molecular flexibility index (Phi) is 5.29. The summed E-state index contributed by atoms with van der Waals surface area (Å²) < 4.78 is 0. The summed E-state index contributed by atoms with van der Waals surface area (Å²) in [4.78, 5) is 11.8. The minimum Gasteiger partial charge on any atom is -0.353 e. The van der Waals surface area contributed by atoms with Crippen LogP contribution in [0.15, 0.2) is 18.2 Å². The summed E-state index contributed by atoms with van der Waals surface area (Å²) in [5, 5.41) is 3.99. The van der Waals surface area contributed by atoms with Gasteiger partial charge in [0, 0.05) is 16.1 Å². The largest absolute Gasteiger partial charge is 0.353 e. The van der Waals surface area contributed by atoms with Crippen molar-refractivity contribution < 1.29 is 4.79 Å². The first-order valence-electron chi connectivity index (χ1n) is 5.64. The van der Waals surface area contributed by atoms with Gasteiger partial charge < -0.3 is 5.32 Å². The zero-order chi connectivity index (χ0) is 13.0. The maximum absolute atomic E-state index is 11.8. The summed E-state index contributed by atoms with van der Waals surface area (Å²) in [6.07, 6.45) is 0.218. The molecule has 1 N–H and O–H groups in total. The molecule has 1 unspecified atom stereocenters. The Balaban J connectivity index is 2.69. The van der Waals surface area contributed by atoms with Gasteiger partial charge >= 0.3 is 0 Å². The van der Waals surface area contributed by atoms with Crippen molar-refractivity contribution in [2.75, 3.05) is 0 Å². The molecule has 1 aromatic rings.